The molecule has 3 aromatic heterocycles. The molecule has 3 heterocycles. The molecule has 3 rings (SSSR count). The maximum Gasteiger partial charge on any atom is 0.146 e. The molecule has 0 saturated heterocycles. The van der Waals surface area contributed by atoms with Gasteiger partial charge in [0.1, 0.15) is 16.5 Å². The van der Waals surface area contributed by atoms with Crippen LogP contribution in [0, 0.1) is 0 Å². The van der Waals surface area contributed by atoms with Crippen LogP contribution in [0.2, 0.25) is 0 Å². The minimum absolute atomic E-state index is 0.588. The maximum atomic E-state index is 6.20. The Balaban J connectivity index is 1.99. The van der Waals surface area contributed by atoms with E-state index in [1.807, 2.05) is 0 Å². The Morgan fingerprint density at radius 1 is 1.29 bits per heavy atom. The average molecular weight is 318 g/mol. The number of anilines is 1. The molecule has 0 amide bonds. The van der Waals surface area contributed by atoms with E-state index >= 15 is 0 Å². The first kappa shape index (κ1) is 14.4. The number of nitrogens with two attached hydrogens (primary N) is 1. The molecule has 0 aliphatic rings. The molecule has 21 heavy (non-hydrogen) atoms. The Hall–Kier alpha value is -1.50. The molecule has 0 aliphatic heterocycles. The van der Waals surface area contributed by atoms with Gasteiger partial charge in [0.25, 0.3) is 0 Å². The van der Waals surface area contributed by atoms with Crippen molar-refractivity contribution < 1.29 is 0 Å². The summed E-state index contributed by atoms with van der Waals surface area (Å²) in [4.78, 5) is 13.6. The minimum Gasteiger partial charge on any atom is -0.383 e. The second-order valence-electron chi connectivity index (χ2n) is 5.07. The second-order valence-corrected chi connectivity index (χ2v) is 6.88. The highest BCUT2D eigenvalue weighted by atomic mass is 32.1. The third-order valence-electron chi connectivity index (χ3n) is 3.31. The van der Waals surface area contributed by atoms with Crippen LogP contribution in [0.4, 0.5) is 5.82 Å². The first-order valence-corrected chi connectivity index (χ1v) is 8.71. The standard InChI is InChI=1S/C15H18N4S2/c1-3-6-19(2)8-12-17-14(16)13-10(9-21-15(13)18-12)11-5-4-7-20-11/h4-5,7,9H,3,6,8H2,1-2H3,(H2,16,17,18). The van der Waals surface area contributed by atoms with Crippen molar-refractivity contribution in [2.24, 2.45) is 0 Å². The van der Waals surface area contributed by atoms with Gasteiger partial charge in [-0.1, -0.05) is 13.0 Å². The van der Waals surface area contributed by atoms with E-state index in [9.17, 15) is 0 Å². The second kappa shape index (κ2) is 6.09. The fourth-order valence-electron chi connectivity index (χ4n) is 2.40. The van der Waals surface area contributed by atoms with Crippen LogP contribution in [0.15, 0.2) is 22.9 Å². The maximum absolute atomic E-state index is 6.20. The molecule has 3 aromatic rings. The molecule has 4 nitrogen and oxygen atoms in total. The van der Waals surface area contributed by atoms with Gasteiger partial charge >= 0.3 is 0 Å². The smallest absolute Gasteiger partial charge is 0.146 e. The third kappa shape index (κ3) is 2.92. The zero-order valence-corrected chi connectivity index (χ0v) is 13.8. The SMILES string of the molecule is CCCN(C)Cc1nc(N)c2c(-c3cccs3)csc2n1. The van der Waals surface area contributed by atoms with Gasteiger partial charge in [-0.3, -0.25) is 4.90 Å². The quantitative estimate of drug-likeness (QED) is 0.776. The summed E-state index contributed by atoms with van der Waals surface area (Å²) in [5.41, 5.74) is 7.35. The van der Waals surface area contributed by atoms with E-state index in [1.165, 1.54) is 4.88 Å². The number of hydrogen-bond donors (Lipinski definition) is 1. The number of aromatic nitrogens is 2. The fourth-order valence-corrected chi connectivity index (χ4v) is 4.19. The van der Waals surface area contributed by atoms with Crippen molar-refractivity contribution in [2.45, 2.75) is 19.9 Å². The van der Waals surface area contributed by atoms with Crippen LogP contribution < -0.4 is 5.73 Å². The van der Waals surface area contributed by atoms with Gasteiger partial charge in [-0.05, 0) is 31.5 Å². The monoisotopic (exact) mass is 318 g/mol. The van der Waals surface area contributed by atoms with Gasteiger partial charge in [-0.15, -0.1) is 22.7 Å². The van der Waals surface area contributed by atoms with E-state index in [-0.39, 0.29) is 0 Å². The Morgan fingerprint density at radius 3 is 2.86 bits per heavy atom. The third-order valence-corrected chi connectivity index (χ3v) is 5.09. The highest BCUT2D eigenvalue weighted by Crippen LogP contribution is 2.37. The molecular weight excluding hydrogens is 300 g/mol. The zero-order valence-electron chi connectivity index (χ0n) is 12.2. The summed E-state index contributed by atoms with van der Waals surface area (Å²) < 4.78 is 0. The van der Waals surface area contributed by atoms with Crippen LogP contribution in [-0.4, -0.2) is 28.5 Å². The van der Waals surface area contributed by atoms with E-state index in [1.54, 1.807) is 22.7 Å². The lowest BCUT2D eigenvalue weighted by Gasteiger charge is -2.14. The Labute approximate surface area is 132 Å². The molecule has 0 fully saturated rings. The number of nitrogen functional groups attached to an aromatic ring is 1. The fraction of sp³-hybridized carbons (Fsp3) is 0.333. The first-order chi connectivity index (χ1) is 10.2. The van der Waals surface area contributed by atoms with Crippen molar-refractivity contribution in [3.05, 3.63) is 28.7 Å². The summed E-state index contributed by atoms with van der Waals surface area (Å²) in [5, 5.41) is 5.19. The van der Waals surface area contributed by atoms with Gasteiger partial charge in [0.05, 0.1) is 11.9 Å². The highest BCUT2D eigenvalue weighted by Gasteiger charge is 2.14. The lowest BCUT2D eigenvalue weighted by molar-refractivity contribution is 0.320. The largest absolute Gasteiger partial charge is 0.383 e. The van der Waals surface area contributed by atoms with E-state index in [0.717, 1.165) is 41.1 Å². The van der Waals surface area contributed by atoms with Crippen molar-refractivity contribution >= 4 is 38.7 Å². The van der Waals surface area contributed by atoms with Crippen LogP contribution in [0.5, 0.6) is 0 Å². The molecular formula is C15H18N4S2. The predicted molar refractivity (Wildman–Crippen MR) is 91.8 cm³/mol. The van der Waals surface area contributed by atoms with E-state index < -0.39 is 0 Å². The Morgan fingerprint density at radius 2 is 2.14 bits per heavy atom. The first-order valence-electron chi connectivity index (χ1n) is 6.95. The Bertz CT molecular complexity index is 734. The predicted octanol–water partition coefficient (Wildman–Crippen LogP) is 3.84. The van der Waals surface area contributed by atoms with E-state index in [2.05, 4.69) is 51.7 Å². The summed E-state index contributed by atoms with van der Waals surface area (Å²) >= 11 is 3.35. The lowest BCUT2D eigenvalue weighted by Crippen LogP contribution is -2.20. The molecule has 2 N–H and O–H groups in total. The molecule has 0 spiro atoms. The minimum atomic E-state index is 0.588. The summed E-state index contributed by atoms with van der Waals surface area (Å²) in [6, 6.07) is 4.16. The molecule has 0 radical (unpaired) electrons. The van der Waals surface area contributed by atoms with Gasteiger partial charge in [0, 0.05) is 15.8 Å². The van der Waals surface area contributed by atoms with Crippen molar-refractivity contribution in [3.8, 4) is 10.4 Å². The van der Waals surface area contributed by atoms with Crippen molar-refractivity contribution in [1.82, 2.24) is 14.9 Å². The summed E-state index contributed by atoms with van der Waals surface area (Å²) in [6.45, 7) is 3.94. The molecule has 0 saturated carbocycles. The number of thiophene rings is 2. The highest BCUT2D eigenvalue weighted by molar-refractivity contribution is 7.18. The number of nitrogens with zero attached hydrogens (tertiary/aromatic N) is 3. The summed E-state index contributed by atoms with van der Waals surface area (Å²) in [5.74, 6) is 1.39. The molecule has 0 unspecified atom stereocenters. The lowest BCUT2D eigenvalue weighted by atomic mass is 10.2. The van der Waals surface area contributed by atoms with Gasteiger partial charge in [-0.2, -0.15) is 0 Å². The van der Waals surface area contributed by atoms with Crippen molar-refractivity contribution in [2.75, 3.05) is 19.3 Å². The van der Waals surface area contributed by atoms with E-state index in [4.69, 9.17) is 5.73 Å². The van der Waals surface area contributed by atoms with E-state index in [0.29, 0.717) is 5.82 Å². The van der Waals surface area contributed by atoms with Crippen molar-refractivity contribution in [1.29, 1.82) is 0 Å². The Kier molecular flexibility index (Phi) is 4.19. The average Bonchev–Trinajstić information content (AvgIpc) is 3.06. The summed E-state index contributed by atoms with van der Waals surface area (Å²) in [7, 11) is 2.08. The number of rotatable bonds is 5. The van der Waals surface area contributed by atoms with Crippen LogP contribution in [0.3, 0.4) is 0 Å². The van der Waals surface area contributed by atoms with Crippen molar-refractivity contribution in [3.63, 3.8) is 0 Å². The molecule has 0 bridgehead atoms. The van der Waals surface area contributed by atoms with Gasteiger partial charge in [0.15, 0.2) is 0 Å². The van der Waals surface area contributed by atoms with Gasteiger partial charge in [-0.25, -0.2) is 9.97 Å². The van der Waals surface area contributed by atoms with Crippen LogP contribution in [-0.2, 0) is 6.54 Å². The number of hydrogen-bond acceptors (Lipinski definition) is 6. The normalized spacial score (nSPS) is 11.6. The van der Waals surface area contributed by atoms with Crippen LogP contribution in [0.25, 0.3) is 20.7 Å². The zero-order chi connectivity index (χ0) is 14.8. The van der Waals surface area contributed by atoms with Crippen LogP contribution in [0.1, 0.15) is 19.2 Å². The molecule has 0 aliphatic carbocycles. The molecule has 6 heteroatoms. The molecule has 0 aromatic carbocycles. The number of fused-ring (bicyclic) bond motifs is 1. The van der Waals surface area contributed by atoms with Crippen LogP contribution >= 0.6 is 22.7 Å². The molecule has 0 atom stereocenters. The molecule has 110 valence electrons. The van der Waals surface area contributed by atoms with Gasteiger partial charge in [0.2, 0.25) is 0 Å². The summed E-state index contributed by atoms with van der Waals surface area (Å²) in [6.07, 6.45) is 1.12. The topological polar surface area (TPSA) is 55.0 Å². The van der Waals surface area contributed by atoms with Gasteiger partial charge < -0.3 is 5.73 Å².